The van der Waals surface area contributed by atoms with E-state index in [1.807, 2.05) is 41.3 Å². The fourth-order valence-corrected chi connectivity index (χ4v) is 11.5. The molecular formula is C55H57NO12S2. The third-order valence-corrected chi connectivity index (χ3v) is 16.8. The topological polar surface area (TPSA) is 161 Å². The maximum absolute atomic E-state index is 14.4. The number of hydrogen-bond donors (Lipinski definition) is 0. The molecule has 0 heterocycles. The Hall–Kier alpha value is -7.20. The second-order valence-corrected chi connectivity index (χ2v) is 21.8. The predicted octanol–water partition coefficient (Wildman–Crippen LogP) is 13.3. The lowest BCUT2D eigenvalue weighted by molar-refractivity contribution is 0.152. The molecule has 0 aliphatic carbocycles. The van der Waals surface area contributed by atoms with Crippen LogP contribution in [0.4, 0.5) is 28.8 Å². The van der Waals surface area contributed by atoms with Gasteiger partial charge in [0, 0.05) is 11.5 Å². The average molecular weight is 988 g/mol. The molecular weight excluding hydrogens is 931 g/mol. The first-order valence-corrected chi connectivity index (χ1v) is 26.3. The van der Waals surface area contributed by atoms with Crippen LogP contribution in [0.5, 0.6) is 0 Å². The van der Waals surface area contributed by atoms with Gasteiger partial charge in [0.15, 0.2) is 0 Å². The summed E-state index contributed by atoms with van der Waals surface area (Å²) in [5.41, 5.74) is 3.88. The highest BCUT2D eigenvalue weighted by atomic mass is 32.3. The van der Waals surface area contributed by atoms with Crippen molar-refractivity contribution in [1.29, 1.82) is 0 Å². The van der Waals surface area contributed by atoms with Gasteiger partial charge in [-0.15, -0.1) is 0 Å². The molecule has 0 bridgehead atoms. The van der Waals surface area contributed by atoms with E-state index in [9.17, 15) is 28.8 Å². The highest BCUT2D eigenvalue weighted by Gasteiger charge is 2.53. The van der Waals surface area contributed by atoms with Crippen LogP contribution in [0.15, 0.2) is 182 Å². The number of ether oxygens (including phenoxy) is 6. The molecule has 0 aliphatic rings. The van der Waals surface area contributed by atoms with Gasteiger partial charge in [0.05, 0.1) is 20.1 Å². The monoisotopic (exact) mass is 987 g/mol. The molecule has 0 radical (unpaired) electrons. The normalized spacial score (nSPS) is 11.7. The van der Waals surface area contributed by atoms with E-state index in [2.05, 4.69) is 0 Å². The van der Waals surface area contributed by atoms with E-state index in [0.29, 0.717) is 33.4 Å². The first-order valence-electron chi connectivity index (χ1n) is 22.6. The fraction of sp³-hybridized carbons (Fsp3) is 0.236. The van der Waals surface area contributed by atoms with E-state index in [1.54, 1.807) is 153 Å². The van der Waals surface area contributed by atoms with E-state index >= 15 is 0 Å². The molecule has 0 unspecified atom stereocenters. The van der Waals surface area contributed by atoms with Gasteiger partial charge in [-0.2, -0.15) is 0 Å². The average Bonchev–Trinajstić information content (AvgIpc) is 3.41. The summed E-state index contributed by atoms with van der Waals surface area (Å²) in [4.78, 5) is 88.2. The summed E-state index contributed by atoms with van der Waals surface area (Å²) >= 11 is 0. The number of benzene rings is 6. The minimum Gasteiger partial charge on any atom is -0.453 e. The van der Waals surface area contributed by atoms with Gasteiger partial charge in [-0.05, 0) is 66.4 Å². The predicted molar refractivity (Wildman–Crippen MR) is 271 cm³/mol. The lowest BCUT2D eigenvalue weighted by Crippen LogP contribution is -2.35. The maximum Gasteiger partial charge on any atom is 0.369 e. The van der Waals surface area contributed by atoms with Crippen LogP contribution < -0.4 is 0 Å². The van der Waals surface area contributed by atoms with Crippen LogP contribution in [-0.2, 0) is 68.1 Å². The minimum atomic E-state index is -3.79. The van der Waals surface area contributed by atoms with Crippen molar-refractivity contribution in [2.75, 3.05) is 31.6 Å². The summed E-state index contributed by atoms with van der Waals surface area (Å²) in [6.07, 6.45) is 0.227. The second kappa shape index (κ2) is 27.1. The quantitative estimate of drug-likeness (QED) is 0.0525. The Morgan fingerprint density at radius 2 is 0.486 bits per heavy atom. The number of carbonyl (C=O) groups is 6. The molecule has 15 heteroatoms. The number of hydrogen-bond acceptors (Lipinski definition) is 13. The van der Waals surface area contributed by atoms with Crippen LogP contribution >= 0.6 is 20.1 Å². The molecule has 13 nitrogen and oxygen atoms in total. The molecule has 70 heavy (non-hydrogen) atoms. The molecule has 0 aromatic heterocycles. The molecule has 0 amide bonds. The van der Waals surface area contributed by atoms with Gasteiger partial charge in [-0.1, -0.05) is 182 Å². The lowest BCUT2D eigenvalue weighted by atomic mass is 10.2. The Morgan fingerprint density at radius 3 is 0.657 bits per heavy atom. The van der Waals surface area contributed by atoms with Crippen LogP contribution in [-0.4, -0.2) is 68.4 Å². The molecule has 366 valence electrons. The Labute approximate surface area is 411 Å². The second-order valence-electron chi connectivity index (χ2n) is 16.0. The van der Waals surface area contributed by atoms with Gasteiger partial charge in [0.25, 0.3) is 0 Å². The summed E-state index contributed by atoms with van der Waals surface area (Å²) in [5, 5.41) is -6.25. The van der Waals surface area contributed by atoms with Gasteiger partial charge in [0.1, 0.15) is 39.6 Å². The van der Waals surface area contributed by atoms with Gasteiger partial charge in [0.2, 0.25) is 0 Å². The molecule has 6 aromatic rings. The molecule has 0 fully saturated rings. The third kappa shape index (κ3) is 14.9. The van der Waals surface area contributed by atoms with Crippen molar-refractivity contribution in [2.24, 2.45) is 0 Å². The van der Waals surface area contributed by atoms with E-state index in [1.165, 1.54) is 0 Å². The molecule has 0 spiro atoms. The van der Waals surface area contributed by atoms with Crippen molar-refractivity contribution in [3.63, 3.8) is 0 Å². The van der Waals surface area contributed by atoms with Crippen molar-refractivity contribution < 1.29 is 57.2 Å². The highest BCUT2D eigenvalue weighted by Crippen LogP contribution is 2.56. The largest absolute Gasteiger partial charge is 0.453 e. The van der Waals surface area contributed by atoms with Crippen molar-refractivity contribution in [3.8, 4) is 0 Å². The maximum atomic E-state index is 14.4. The number of rotatable bonds is 20. The molecule has 6 rings (SSSR count). The van der Waals surface area contributed by atoms with Gasteiger partial charge in [-0.25, -0.2) is 28.8 Å². The van der Waals surface area contributed by atoms with Crippen molar-refractivity contribution in [1.82, 2.24) is 4.90 Å². The molecule has 6 aromatic carbocycles. The molecule has 0 saturated heterocycles. The lowest BCUT2D eigenvalue weighted by Gasteiger charge is -2.33. The van der Waals surface area contributed by atoms with E-state index in [0.717, 1.165) is 0 Å². The first kappa shape index (κ1) is 52.2. The summed E-state index contributed by atoms with van der Waals surface area (Å²) in [5.74, 6) is -0.546. The zero-order valence-corrected chi connectivity index (χ0v) is 40.6. The Bertz CT molecular complexity index is 2140. The van der Waals surface area contributed by atoms with E-state index in [4.69, 9.17) is 28.4 Å². The minimum absolute atomic E-state index is 0.114. The SMILES string of the molecule is CN(CCCS(C(=O)OCc1ccccc1)(C(=O)OCc1ccccc1)C(=O)OCc1ccccc1)CCCS(C(=O)OCc1ccccc1)(C(=O)OCc1ccccc1)C(=O)OCc1ccccc1. The van der Waals surface area contributed by atoms with Gasteiger partial charge in [-0.3, -0.25) is 0 Å². The summed E-state index contributed by atoms with van der Waals surface area (Å²) in [6, 6.07) is 53.3. The summed E-state index contributed by atoms with van der Waals surface area (Å²) in [7, 11) is -5.82. The highest BCUT2D eigenvalue weighted by molar-refractivity contribution is 8.64. The third-order valence-electron chi connectivity index (χ3n) is 10.9. The summed E-state index contributed by atoms with van der Waals surface area (Å²) in [6.45, 7) is -0.779. The summed E-state index contributed by atoms with van der Waals surface area (Å²) < 4.78 is 34.6. The van der Waals surface area contributed by atoms with Gasteiger partial charge < -0.3 is 33.3 Å². The Kier molecular flexibility index (Phi) is 20.2. The number of carbonyl (C=O) groups excluding carboxylic acids is 6. The zero-order valence-electron chi connectivity index (χ0n) is 39.0. The van der Waals surface area contributed by atoms with E-state index < -0.39 is 51.9 Å². The van der Waals surface area contributed by atoms with Crippen LogP contribution in [0.2, 0.25) is 0 Å². The van der Waals surface area contributed by atoms with Crippen molar-refractivity contribution in [2.45, 2.75) is 52.5 Å². The van der Waals surface area contributed by atoms with Crippen LogP contribution in [0.1, 0.15) is 46.2 Å². The zero-order chi connectivity index (χ0) is 49.4. The van der Waals surface area contributed by atoms with Crippen LogP contribution in [0, 0.1) is 0 Å². The Morgan fingerprint density at radius 1 is 0.314 bits per heavy atom. The molecule has 0 atom stereocenters. The van der Waals surface area contributed by atoms with Crippen molar-refractivity contribution in [3.05, 3.63) is 215 Å². The molecule has 0 saturated carbocycles. The standard InChI is InChI=1S/C55H57NO12S2/c1-56(34-20-36-69(50(57)63-38-44-22-8-2-9-23-44,51(58)64-39-45-24-10-3-11-25-45)52(59)65-40-46-26-12-4-13-27-46)35-21-37-70(53(60)66-41-47-28-14-5-15-29-47,54(61)67-42-48-30-16-6-17-31-48)55(62)68-43-49-32-18-7-19-33-49/h2-19,22-33H,20-21,34-43H2,1H3. The van der Waals surface area contributed by atoms with E-state index in [-0.39, 0.29) is 77.1 Å². The smallest absolute Gasteiger partial charge is 0.369 e. The van der Waals surface area contributed by atoms with Crippen LogP contribution in [0.25, 0.3) is 0 Å². The fourth-order valence-electron chi connectivity index (χ4n) is 7.02. The first-order chi connectivity index (χ1) is 34.1. The van der Waals surface area contributed by atoms with Gasteiger partial charge >= 0.3 is 31.8 Å². The number of nitrogens with zero attached hydrogens (tertiary/aromatic N) is 1. The molecule has 0 aliphatic heterocycles. The van der Waals surface area contributed by atoms with Crippen molar-refractivity contribution >= 4 is 51.9 Å². The van der Waals surface area contributed by atoms with Crippen LogP contribution in [0.3, 0.4) is 0 Å². The Balaban J connectivity index is 1.22. The molecule has 0 N–H and O–H groups in total.